The Morgan fingerprint density at radius 1 is 0.885 bits per heavy atom. The molecule has 3 aromatic rings. The van der Waals surface area contributed by atoms with E-state index in [1.54, 1.807) is 12.1 Å². The Labute approximate surface area is 149 Å². The quantitative estimate of drug-likeness (QED) is 0.342. The molecule has 0 saturated carbocycles. The fourth-order valence-electron chi connectivity index (χ4n) is 2.97. The molecular weight excluding hydrogens is 340 g/mol. The van der Waals surface area contributed by atoms with E-state index in [-0.39, 0.29) is 5.39 Å². The van der Waals surface area contributed by atoms with E-state index in [1.165, 1.54) is 17.7 Å². The van der Waals surface area contributed by atoms with Crippen molar-refractivity contribution in [2.75, 3.05) is 0 Å². The fourth-order valence-corrected chi connectivity index (χ4v) is 2.97. The molecule has 0 heterocycles. The summed E-state index contributed by atoms with van der Waals surface area (Å²) in [7, 11) is 0. The van der Waals surface area contributed by atoms with Gasteiger partial charge in [-0.15, -0.1) is 0 Å². The molecule has 0 aliphatic carbocycles. The van der Waals surface area contributed by atoms with Crippen LogP contribution in [0.15, 0.2) is 66.7 Å². The maximum absolute atomic E-state index is 14.2. The van der Waals surface area contributed by atoms with E-state index in [0.717, 1.165) is 30.0 Å². The normalized spacial score (nSPS) is 12.2. The predicted octanol–water partition coefficient (Wildman–Crippen LogP) is 7.17. The third-order valence-corrected chi connectivity index (χ3v) is 4.38. The van der Waals surface area contributed by atoms with Crippen molar-refractivity contribution >= 4 is 10.8 Å². The van der Waals surface area contributed by atoms with Gasteiger partial charge in [0, 0.05) is 5.39 Å². The zero-order valence-electron chi connectivity index (χ0n) is 14.3. The number of allylic oxidation sites excluding steroid dienone is 2. The molecule has 134 valence electrons. The molecule has 0 aromatic heterocycles. The second-order valence-corrected chi connectivity index (χ2v) is 6.17. The van der Waals surface area contributed by atoms with Gasteiger partial charge in [-0.05, 0) is 54.0 Å². The van der Waals surface area contributed by atoms with E-state index >= 15 is 0 Å². The molecule has 3 rings (SSSR count). The first-order chi connectivity index (χ1) is 12.4. The van der Waals surface area contributed by atoms with Gasteiger partial charge >= 0.3 is 6.18 Å². The van der Waals surface area contributed by atoms with Crippen molar-refractivity contribution < 1.29 is 17.6 Å². The van der Waals surface area contributed by atoms with E-state index in [1.807, 2.05) is 37.3 Å². The highest BCUT2D eigenvalue weighted by Crippen LogP contribution is 2.35. The molecule has 0 aliphatic rings. The first-order valence-electron chi connectivity index (χ1n) is 8.40. The molecular formula is C22H18F4. The Balaban J connectivity index is 1.92. The lowest BCUT2D eigenvalue weighted by Crippen LogP contribution is -2.08. The first-order valence-corrected chi connectivity index (χ1v) is 8.40. The largest absolute Gasteiger partial charge is 0.419 e. The van der Waals surface area contributed by atoms with E-state index < -0.39 is 17.6 Å². The highest BCUT2D eigenvalue weighted by atomic mass is 19.4. The maximum atomic E-state index is 14.2. The Hall–Kier alpha value is -2.62. The fraction of sp³-hybridized carbons (Fsp3) is 0.182. The molecule has 0 radical (unpaired) electrons. The minimum Gasteiger partial charge on any atom is -0.206 e. The van der Waals surface area contributed by atoms with Gasteiger partial charge in [0.1, 0.15) is 5.82 Å². The van der Waals surface area contributed by atoms with Crippen LogP contribution in [0.1, 0.15) is 24.5 Å². The molecule has 0 saturated heterocycles. The van der Waals surface area contributed by atoms with Gasteiger partial charge in [0.2, 0.25) is 0 Å². The molecule has 0 atom stereocenters. The number of rotatable bonds is 4. The second kappa shape index (κ2) is 7.32. The summed E-state index contributed by atoms with van der Waals surface area (Å²) < 4.78 is 52.7. The third-order valence-electron chi connectivity index (χ3n) is 4.38. The van der Waals surface area contributed by atoms with Crippen molar-refractivity contribution in [2.45, 2.75) is 25.9 Å². The van der Waals surface area contributed by atoms with Gasteiger partial charge in [0.05, 0.1) is 5.56 Å². The van der Waals surface area contributed by atoms with Crippen molar-refractivity contribution in [3.05, 3.63) is 83.7 Å². The van der Waals surface area contributed by atoms with Crippen molar-refractivity contribution in [3.63, 3.8) is 0 Å². The van der Waals surface area contributed by atoms with Crippen molar-refractivity contribution in [1.82, 2.24) is 0 Å². The summed E-state index contributed by atoms with van der Waals surface area (Å²) in [6.45, 7) is 1.99. The second-order valence-electron chi connectivity index (χ2n) is 6.17. The van der Waals surface area contributed by atoms with Crippen LogP contribution in [-0.4, -0.2) is 0 Å². The maximum Gasteiger partial charge on any atom is 0.419 e. The number of halogens is 4. The van der Waals surface area contributed by atoms with Crippen molar-refractivity contribution in [3.8, 4) is 11.1 Å². The van der Waals surface area contributed by atoms with Gasteiger partial charge in [-0.1, -0.05) is 54.6 Å². The monoisotopic (exact) mass is 358 g/mol. The first kappa shape index (κ1) is 18.2. The zero-order valence-corrected chi connectivity index (χ0v) is 14.3. The summed E-state index contributed by atoms with van der Waals surface area (Å²) in [5.74, 6) is -1.22. The Bertz CT molecular complexity index is 935. The Kier molecular flexibility index (Phi) is 5.12. The van der Waals surface area contributed by atoms with Crippen molar-refractivity contribution in [1.29, 1.82) is 0 Å². The molecule has 0 nitrogen and oxygen atoms in total. The van der Waals surface area contributed by atoms with E-state index in [0.29, 0.717) is 5.39 Å². The Morgan fingerprint density at radius 2 is 1.58 bits per heavy atom. The molecule has 0 aliphatic heterocycles. The summed E-state index contributed by atoms with van der Waals surface area (Å²) >= 11 is 0. The number of aryl methyl sites for hydroxylation is 1. The lowest BCUT2D eigenvalue weighted by atomic mass is 9.98. The van der Waals surface area contributed by atoms with Gasteiger partial charge in [-0.3, -0.25) is 0 Å². The van der Waals surface area contributed by atoms with Crippen LogP contribution in [0.2, 0.25) is 0 Å². The summed E-state index contributed by atoms with van der Waals surface area (Å²) in [4.78, 5) is 0. The molecule has 0 unspecified atom stereocenters. The predicted molar refractivity (Wildman–Crippen MR) is 97.5 cm³/mol. The lowest BCUT2D eigenvalue weighted by molar-refractivity contribution is -0.139. The van der Waals surface area contributed by atoms with Crippen LogP contribution in [0.5, 0.6) is 0 Å². The molecule has 26 heavy (non-hydrogen) atoms. The molecule has 0 amide bonds. The summed E-state index contributed by atoms with van der Waals surface area (Å²) in [5, 5.41) is 0.428. The van der Waals surface area contributed by atoms with E-state index in [9.17, 15) is 17.6 Å². The summed E-state index contributed by atoms with van der Waals surface area (Å²) in [5.41, 5.74) is 1.77. The van der Waals surface area contributed by atoms with Crippen LogP contribution in [0.25, 0.3) is 21.9 Å². The van der Waals surface area contributed by atoms with Gasteiger partial charge in [0.25, 0.3) is 0 Å². The smallest absolute Gasteiger partial charge is 0.206 e. The number of benzene rings is 3. The number of fused-ring (bicyclic) bond motifs is 1. The molecule has 3 aromatic carbocycles. The minimum absolute atomic E-state index is 0.0217. The number of alkyl halides is 3. The average Bonchev–Trinajstić information content (AvgIpc) is 2.61. The minimum atomic E-state index is -4.69. The Morgan fingerprint density at radius 3 is 2.23 bits per heavy atom. The van der Waals surface area contributed by atoms with Crippen LogP contribution < -0.4 is 0 Å². The molecule has 4 heteroatoms. The SMILES string of the molecule is C/C=C/CCc1ccc(-c2ccc3c(F)c(C(F)(F)F)ccc3c2)cc1. The highest BCUT2D eigenvalue weighted by molar-refractivity contribution is 5.88. The van der Waals surface area contributed by atoms with Crippen LogP contribution in [0, 0.1) is 5.82 Å². The van der Waals surface area contributed by atoms with Gasteiger partial charge in [-0.25, -0.2) is 4.39 Å². The van der Waals surface area contributed by atoms with Gasteiger partial charge in [-0.2, -0.15) is 13.2 Å². The summed E-state index contributed by atoms with van der Waals surface area (Å²) in [6, 6.07) is 14.9. The number of hydrogen-bond donors (Lipinski definition) is 0. The zero-order chi connectivity index (χ0) is 18.7. The summed E-state index contributed by atoms with van der Waals surface area (Å²) in [6.07, 6.45) is 1.37. The lowest BCUT2D eigenvalue weighted by Gasteiger charge is -2.11. The van der Waals surface area contributed by atoms with Crippen LogP contribution >= 0.6 is 0 Å². The molecule has 0 N–H and O–H groups in total. The van der Waals surface area contributed by atoms with Crippen LogP contribution in [0.4, 0.5) is 17.6 Å². The molecule has 0 bridgehead atoms. The molecule has 0 fully saturated rings. The molecule has 0 spiro atoms. The number of hydrogen-bond acceptors (Lipinski definition) is 0. The van der Waals surface area contributed by atoms with E-state index in [2.05, 4.69) is 6.08 Å². The standard InChI is InChI=1S/C22H18F4/c1-2-3-4-5-15-6-8-16(9-7-15)17-10-12-19-18(14-17)11-13-20(21(19)23)22(24,25)26/h2-3,6-14H,4-5H2,1H3/b3-2+. The van der Waals surface area contributed by atoms with Gasteiger partial charge in [0.15, 0.2) is 0 Å². The highest BCUT2D eigenvalue weighted by Gasteiger charge is 2.34. The average molecular weight is 358 g/mol. The van der Waals surface area contributed by atoms with Crippen molar-refractivity contribution in [2.24, 2.45) is 0 Å². The topological polar surface area (TPSA) is 0 Å². The van der Waals surface area contributed by atoms with Crippen LogP contribution in [-0.2, 0) is 12.6 Å². The van der Waals surface area contributed by atoms with Gasteiger partial charge < -0.3 is 0 Å². The van der Waals surface area contributed by atoms with E-state index in [4.69, 9.17) is 0 Å². The van der Waals surface area contributed by atoms with Crippen LogP contribution in [0.3, 0.4) is 0 Å². The third kappa shape index (κ3) is 3.79.